The topological polar surface area (TPSA) is 72.5 Å². The highest BCUT2D eigenvalue weighted by Gasteiger charge is 2.28. The molecule has 1 aliphatic carbocycles. The molecule has 2 amide bonds. The molecule has 1 saturated heterocycles. The summed E-state index contributed by atoms with van der Waals surface area (Å²) in [7, 11) is 0. The molecule has 1 N–H and O–H groups in total. The van der Waals surface area contributed by atoms with Crippen molar-refractivity contribution >= 4 is 35.0 Å². The number of imide groups is 1. The lowest BCUT2D eigenvalue weighted by molar-refractivity contribution is -0.115. The van der Waals surface area contributed by atoms with Gasteiger partial charge in [0.25, 0.3) is 11.1 Å². The van der Waals surface area contributed by atoms with E-state index < -0.39 is 0 Å². The van der Waals surface area contributed by atoms with Crippen molar-refractivity contribution in [2.45, 2.75) is 39.0 Å². The van der Waals surface area contributed by atoms with Crippen LogP contribution in [-0.4, -0.2) is 23.7 Å². The summed E-state index contributed by atoms with van der Waals surface area (Å²) in [4.78, 5) is 35.3. The van der Waals surface area contributed by atoms with Gasteiger partial charge in [-0.3, -0.25) is 14.9 Å². The van der Waals surface area contributed by atoms with Gasteiger partial charge in [-0.1, -0.05) is 38.3 Å². The number of nitrogens with one attached hydrogen (secondary N) is 1. The molecule has 25 heavy (non-hydrogen) atoms. The average molecular weight is 359 g/mol. The fraction of sp³-hybridized carbons (Fsp3) is 0.421. The van der Waals surface area contributed by atoms with Crippen LogP contribution in [0.1, 0.15) is 54.9 Å². The largest absolute Gasteiger partial charge is 0.462 e. The van der Waals surface area contributed by atoms with Crippen molar-refractivity contribution in [2.24, 2.45) is 5.41 Å². The van der Waals surface area contributed by atoms with Gasteiger partial charge in [0, 0.05) is 5.41 Å². The maximum atomic E-state index is 12.2. The molecule has 0 atom stereocenters. The van der Waals surface area contributed by atoms with Crippen LogP contribution < -0.4 is 5.32 Å². The summed E-state index contributed by atoms with van der Waals surface area (Å²) < 4.78 is 5.51. The Hall–Kier alpha value is -2.08. The van der Waals surface area contributed by atoms with Gasteiger partial charge in [-0.25, -0.2) is 4.79 Å². The van der Waals surface area contributed by atoms with Crippen LogP contribution in [0, 0.1) is 5.41 Å². The van der Waals surface area contributed by atoms with Crippen molar-refractivity contribution in [3.05, 3.63) is 40.3 Å². The number of amides is 2. The summed E-state index contributed by atoms with van der Waals surface area (Å²) in [6.45, 7) is 2.64. The SMILES string of the molecule is CC1(COC(=O)c2ccc(/C=C3\SC(=O)NC3=O)cc2)CCCCC1. The van der Waals surface area contributed by atoms with Crippen LogP contribution in [0.2, 0.25) is 0 Å². The van der Waals surface area contributed by atoms with Crippen LogP contribution in [0.15, 0.2) is 29.2 Å². The van der Waals surface area contributed by atoms with E-state index in [0.29, 0.717) is 17.1 Å². The highest BCUT2D eigenvalue weighted by molar-refractivity contribution is 8.18. The summed E-state index contributed by atoms with van der Waals surface area (Å²) in [5.74, 6) is -0.714. The number of hydrogen-bond acceptors (Lipinski definition) is 5. The Balaban J connectivity index is 1.60. The van der Waals surface area contributed by atoms with Crippen molar-refractivity contribution in [1.82, 2.24) is 5.32 Å². The highest BCUT2D eigenvalue weighted by atomic mass is 32.2. The molecule has 0 aromatic heterocycles. The summed E-state index contributed by atoms with van der Waals surface area (Å²) >= 11 is 0.872. The molecule has 0 radical (unpaired) electrons. The first-order valence-electron chi connectivity index (χ1n) is 8.47. The molecule has 0 bridgehead atoms. The van der Waals surface area contributed by atoms with Gasteiger partial charge in [0.05, 0.1) is 17.1 Å². The fourth-order valence-corrected chi connectivity index (χ4v) is 3.84. The lowest BCUT2D eigenvalue weighted by Gasteiger charge is -2.32. The van der Waals surface area contributed by atoms with Crippen LogP contribution in [0.25, 0.3) is 6.08 Å². The molecule has 1 aliphatic heterocycles. The average Bonchev–Trinajstić information content (AvgIpc) is 2.91. The Kier molecular flexibility index (Phi) is 5.27. The molecule has 0 unspecified atom stereocenters. The molecular formula is C19H21NO4S. The lowest BCUT2D eigenvalue weighted by Crippen LogP contribution is -2.27. The van der Waals surface area contributed by atoms with E-state index in [2.05, 4.69) is 12.2 Å². The Labute approximate surface area is 151 Å². The first-order valence-corrected chi connectivity index (χ1v) is 9.29. The third kappa shape index (κ3) is 4.51. The number of benzene rings is 1. The Morgan fingerprint density at radius 1 is 1.20 bits per heavy atom. The molecule has 2 fully saturated rings. The van der Waals surface area contributed by atoms with Crippen LogP contribution in [-0.2, 0) is 9.53 Å². The predicted molar refractivity (Wildman–Crippen MR) is 97.0 cm³/mol. The first kappa shape index (κ1) is 17.7. The van der Waals surface area contributed by atoms with Gasteiger partial charge < -0.3 is 4.74 Å². The van der Waals surface area contributed by atoms with E-state index in [1.807, 2.05) is 0 Å². The number of thioether (sulfide) groups is 1. The minimum atomic E-state index is -0.390. The van der Waals surface area contributed by atoms with Gasteiger partial charge in [0.15, 0.2) is 0 Å². The summed E-state index contributed by atoms with van der Waals surface area (Å²) in [6.07, 6.45) is 7.50. The molecule has 1 saturated carbocycles. The van der Waals surface area contributed by atoms with Crippen LogP contribution >= 0.6 is 11.8 Å². The van der Waals surface area contributed by atoms with Gasteiger partial charge in [0.1, 0.15) is 0 Å². The zero-order valence-electron chi connectivity index (χ0n) is 14.2. The van der Waals surface area contributed by atoms with E-state index >= 15 is 0 Å². The zero-order chi connectivity index (χ0) is 17.9. The lowest BCUT2D eigenvalue weighted by atomic mass is 9.76. The third-order valence-electron chi connectivity index (χ3n) is 4.70. The monoisotopic (exact) mass is 359 g/mol. The maximum Gasteiger partial charge on any atom is 0.338 e. The van der Waals surface area contributed by atoms with Crippen LogP contribution in [0.4, 0.5) is 4.79 Å². The number of hydrogen-bond donors (Lipinski definition) is 1. The third-order valence-corrected chi connectivity index (χ3v) is 5.51. The van der Waals surface area contributed by atoms with E-state index in [9.17, 15) is 14.4 Å². The van der Waals surface area contributed by atoms with E-state index in [-0.39, 0.29) is 22.5 Å². The number of ether oxygens (including phenoxy) is 1. The molecule has 1 aromatic carbocycles. The number of carbonyl (C=O) groups is 3. The van der Waals surface area contributed by atoms with Crippen LogP contribution in [0.5, 0.6) is 0 Å². The second kappa shape index (κ2) is 7.44. The molecule has 1 aromatic rings. The van der Waals surface area contributed by atoms with Crippen LogP contribution in [0.3, 0.4) is 0 Å². The zero-order valence-corrected chi connectivity index (χ0v) is 15.0. The second-order valence-corrected chi connectivity index (χ2v) is 7.94. The summed E-state index contributed by atoms with van der Waals surface area (Å²) in [5.41, 5.74) is 1.34. The predicted octanol–water partition coefficient (Wildman–Crippen LogP) is 4.14. The Morgan fingerprint density at radius 2 is 1.88 bits per heavy atom. The normalized spacial score (nSPS) is 21.2. The summed E-state index contributed by atoms with van der Waals surface area (Å²) in [6, 6.07) is 6.83. The Morgan fingerprint density at radius 3 is 2.48 bits per heavy atom. The molecule has 2 aliphatic rings. The first-order chi connectivity index (χ1) is 12.0. The molecule has 3 rings (SSSR count). The van der Waals surface area contributed by atoms with E-state index in [4.69, 9.17) is 4.74 Å². The van der Waals surface area contributed by atoms with E-state index in [1.165, 1.54) is 19.3 Å². The number of carbonyl (C=O) groups excluding carboxylic acids is 3. The minimum Gasteiger partial charge on any atom is -0.462 e. The van der Waals surface area contributed by atoms with E-state index in [1.54, 1.807) is 30.3 Å². The van der Waals surface area contributed by atoms with Crippen molar-refractivity contribution in [1.29, 1.82) is 0 Å². The maximum absolute atomic E-state index is 12.2. The molecule has 6 heteroatoms. The fourth-order valence-electron chi connectivity index (χ4n) is 3.16. The van der Waals surface area contributed by atoms with Crippen molar-refractivity contribution in [3.63, 3.8) is 0 Å². The van der Waals surface area contributed by atoms with Crippen molar-refractivity contribution < 1.29 is 19.1 Å². The van der Waals surface area contributed by atoms with E-state index in [0.717, 1.165) is 30.2 Å². The smallest absolute Gasteiger partial charge is 0.338 e. The van der Waals surface area contributed by atoms with Gasteiger partial charge in [-0.05, 0) is 48.4 Å². The quantitative estimate of drug-likeness (QED) is 0.646. The second-order valence-electron chi connectivity index (χ2n) is 6.92. The standard InChI is InChI=1S/C19H21NO4S/c1-19(9-3-2-4-10-19)12-24-17(22)14-7-5-13(6-8-14)11-15-16(21)20-18(23)25-15/h5-8,11H,2-4,9-10,12H2,1H3,(H,20,21,23)/b15-11-. The molecule has 0 spiro atoms. The molecule has 132 valence electrons. The summed E-state index contributed by atoms with van der Waals surface area (Å²) in [5, 5.41) is 1.84. The number of esters is 1. The molecule has 5 nitrogen and oxygen atoms in total. The van der Waals surface area contributed by atoms with Gasteiger partial charge in [0.2, 0.25) is 0 Å². The van der Waals surface area contributed by atoms with Gasteiger partial charge >= 0.3 is 5.97 Å². The van der Waals surface area contributed by atoms with Gasteiger partial charge in [-0.15, -0.1) is 0 Å². The number of rotatable bonds is 4. The van der Waals surface area contributed by atoms with Crippen molar-refractivity contribution in [2.75, 3.05) is 6.61 Å². The Bertz CT molecular complexity index is 717. The van der Waals surface area contributed by atoms with Gasteiger partial charge in [-0.2, -0.15) is 0 Å². The molecular weight excluding hydrogens is 338 g/mol. The van der Waals surface area contributed by atoms with Crippen molar-refractivity contribution in [3.8, 4) is 0 Å². The minimum absolute atomic E-state index is 0.0951. The molecule has 1 heterocycles. The highest BCUT2D eigenvalue weighted by Crippen LogP contribution is 2.36.